The maximum absolute atomic E-state index is 13.8. The van der Waals surface area contributed by atoms with Crippen LogP contribution < -0.4 is 27.4 Å². The molecule has 0 aromatic heterocycles. The third-order valence-corrected chi connectivity index (χ3v) is 8.73. The molecule has 0 radical (unpaired) electrons. The minimum Gasteiger partial charge on any atom is -0.387 e. The van der Waals surface area contributed by atoms with Gasteiger partial charge in [0.05, 0.1) is 24.2 Å². The predicted octanol–water partition coefficient (Wildman–Crippen LogP) is 5.38. The van der Waals surface area contributed by atoms with Crippen LogP contribution in [0.5, 0.6) is 0 Å². The van der Waals surface area contributed by atoms with Gasteiger partial charge in [-0.25, -0.2) is 0 Å². The number of hydrogen-bond acceptors (Lipinski definition) is 8. The van der Waals surface area contributed by atoms with Gasteiger partial charge in [-0.05, 0) is 87.8 Å². The lowest BCUT2D eigenvalue weighted by atomic mass is 9.90. The number of allylic oxidation sites excluding steroid dienone is 1. The molecule has 7 unspecified atom stereocenters. The summed E-state index contributed by atoms with van der Waals surface area (Å²) in [6.45, 7) is 29.2. The molecular weight excluding hydrogens is 576 g/mol. The van der Waals surface area contributed by atoms with Crippen LogP contribution >= 0.6 is 0 Å². The summed E-state index contributed by atoms with van der Waals surface area (Å²) in [5.74, 6) is 1.00. The summed E-state index contributed by atoms with van der Waals surface area (Å²) in [6, 6.07) is -1.09. The van der Waals surface area contributed by atoms with E-state index in [1.165, 1.54) is 11.6 Å². The molecule has 0 rings (SSSR count). The monoisotopic (exact) mass is 648 g/mol. The molecule has 8 N–H and O–H groups in total. The predicted molar refractivity (Wildman–Crippen MR) is 193 cm³/mol. The number of ketones is 2. The van der Waals surface area contributed by atoms with E-state index < -0.39 is 18.2 Å². The molecule has 0 saturated heterocycles. The fourth-order valence-corrected chi connectivity index (χ4v) is 5.63. The van der Waals surface area contributed by atoms with Crippen LogP contribution in [0.1, 0.15) is 107 Å². The van der Waals surface area contributed by atoms with Crippen LogP contribution in [-0.2, 0) is 9.59 Å². The van der Waals surface area contributed by atoms with Gasteiger partial charge in [-0.15, -0.1) is 4.70 Å². The lowest BCUT2D eigenvalue weighted by Crippen LogP contribution is -2.58. The summed E-state index contributed by atoms with van der Waals surface area (Å²) < 4.78 is 1.31. The van der Waals surface area contributed by atoms with E-state index in [2.05, 4.69) is 75.6 Å². The Morgan fingerprint density at radius 1 is 1.00 bits per heavy atom. The molecule has 10 heteroatoms. The third-order valence-electron chi connectivity index (χ3n) is 8.73. The SMILES string of the molecule is C=C(CCC(C[N+](C)=N)C(N)=NC(C(C)=O)C(C)CC)C(=O)C(CC(C)C)NC(N)C(CC(C)C)NC(=C)C(C)CCCNCC. The Balaban J connectivity index is 5.78. The quantitative estimate of drug-likeness (QED) is 0.0133. The number of amidine groups is 1. The van der Waals surface area contributed by atoms with E-state index in [1.807, 2.05) is 13.8 Å². The van der Waals surface area contributed by atoms with Crippen LogP contribution in [0.2, 0.25) is 0 Å². The Bertz CT molecular complexity index is 992. The minimum atomic E-state index is -0.515. The highest BCUT2D eigenvalue weighted by atomic mass is 16.1. The highest BCUT2D eigenvalue weighted by Gasteiger charge is 2.30. The molecule has 0 spiro atoms. The topological polar surface area (TPSA) is 161 Å². The Labute approximate surface area is 281 Å². The van der Waals surface area contributed by atoms with Crippen LogP contribution in [0.15, 0.2) is 29.4 Å². The van der Waals surface area contributed by atoms with E-state index in [1.54, 1.807) is 7.05 Å². The van der Waals surface area contributed by atoms with Crippen LogP contribution in [0.25, 0.3) is 0 Å². The second kappa shape index (κ2) is 23.0. The van der Waals surface area contributed by atoms with Crippen LogP contribution in [0.3, 0.4) is 0 Å². The highest BCUT2D eigenvalue weighted by Crippen LogP contribution is 2.21. The number of rotatable bonds is 27. The number of nitrogens with one attached hydrogen (secondary N) is 4. The van der Waals surface area contributed by atoms with Gasteiger partial charge in [0.2, 0.25) is 0 Å². The van der Waals surface area contributed by atoms with Crippen LogP contribution in [0, 0.1) is 35.1 Å². The zero-order chi connectivity index (χ0) is 35.6. The number of carbonyl (C=O) groups excluding carboxylic acids is 2. The molecule has 10 nitrogen and oxygen atoms in total. The molecule has 0 bridgehead atoms. The Morgan fingerprint density at radius 3 is 2.11 bits per heavy atom. The molecule has 0 saturated carbocycles. The fourth-order valence-electron chi connectivity index (χ4n) is 5.63. The van der Waals surface area contributed by atoms with E-state index in [0.717, 1.165) is 44.5 Å². The lowest BCUT2D eigenvalue weighted by molar-refractivity contribution is -0.591. The highest BCUT2D eigenvalue weighted by molar-refractivity contribution is 5.99. The standard InChI is InChI=1S/C36H71N8O2/c1-13-25(7)33(29(11)45)43-35(37)30(22-44(12)39)18-17-27(9)34(46)31(20-23(3)4)42-36(38)32(21-24(5)6)41-28(10)26(8)16-15-19-40-14-2/h23-26,30-33,36,39-42H,9-10,13-22,38H2,1-8,11-12H3,(H2,37,43)/q+1. The Hall–Kier alpha value is -2.43. The van der Waals surface area contributed by atoms with Gasteiger partial charge in [0.1, 0.15) is 11.9 Å². The molecule has 7 atom stereocenters. The van der Waals surface area contributed by atoms with Crippen molar-refractivity contribution in [3.05, 3.63) is 24.4 Å². The maximum Gasteiger partial charge on any atom is 0.177 e. The van der Waals surface area contributed by atoms with Gasteiger partial charge in [0, 0.05) is 5.70 Å². The van der Waals surface area contributed by atoms with Crippen molar-refractivity contribution in [2.24, 2.45) is 46.0 Å². The second-order valence-corrected chi connectivity index (χ2v) is 14.3. The van der Waals surface area contributed by atoms with Crippen molar-refractivity contribution in [1.29, 1.82) is 5.53 Å². The number of hydrogen-bond donors (Lipinski definition) is 6. The van der Waals surface area contributed by atoms with Gasteiger partial charge in [0.25, 0.3) is 0 Å². The molecule has 0 amide bonds. The first-order valence-electron chi connectivity index (χ1n) is 17.6. The van der Waals surface area contributed by atoms with Crippen molar-refractivity contribution in [2.45, 2.75) is 132 Å². The van der Waals surface area contributed by atoms with Gasteiger partial charge >= 0.3 is 0 Å². The van der Waals surface area contributed by atoms with Gasteiger partial charge in [-0.2, -0.15) is 0 Å². The summed E-state index contributed by atoms with van der Waals surface area (Å²) in [4.78, 5) is 30.8. The average molecular weight is 648 g/mol. The summed E-state index contributed by atoms with van der Waals surface area (Å²) in [5.41, 5.74) is 22.7. The lowest BCUT2D eigenvalue weighted by Gasteiger charge is -2.33. The molecule has 0 fully saturated rings. The molecule has 0 aliphatic heterocycles. The van der Waals surface area contributed by atoms with Crippen molar-refractivity contribution in [2.75, 3.05) is 26.7 Å². The summed E-state index contributed by atoms with van der Waals surface area (Å²) >= 11 is 0. The van der Waals surface area contributed by atoms with Crippen molar-refractivity contribution >= 4 is 17.4 Å². The van der Waals surface area contributed by atoms with Crippen molar-refractivity contribution < 1.29 is 14.3 Å². The fraction of sp³-hybridized carbons (Fsp3) is 0.806. The zero-order valence-electron chi connectivity index (χ0n) is 31.0. The van der Waals surface area contributed by atoms with Crippen molar-refractivity contribution in [1.82, 2.24) is 16.0 Å². The van der Waals surface area contributed by atoms with Gasteiger partial charge in [0.15, 0.2) is 25.2 Å². The number of carbonyl (C=O) groups is 2. The van der Waals surface area contributed by atoms with E-state index >= 15 is 0 Å². The molecular formula is C36H71N8O2+. The maximum atomic E-state index is 13.8. The number of Topliss-reactive ketones (excluding diaryl/α,β-unsaturated/α-hetero) is 2. The van der Waals surface area contributed by atoms with E-state index in [9.17, 15) is 9.59 Å². The summed E-state index contributed by atoms with van der Waals surface area (Å²) in [6.07, 6.45) is 4.81. The van der Waals surface area contributed by atoms with Crippen LogP contribution in [0.4, 0.5) is 0 Å². The number of nitrogens with two attached hydrogens (primary N) is 2. The second-order valence-electron chi connectivity index (χ2n) is 14.3. The smallest absolute Gasteiger partial charge is 0.177 e. The van der Waals surface area contributed by atoms with E-state index in [-0.39, 0.29) is 35.4 Å². The van der Waals surface area contributed by atoms with Crippen molar-refractivity contribution in [3.63, 3.8) is 0 Å². The average Bonchev–Trinajstić information content (AvgIpc) is 2.97. The zero-order valence-corrected chi connectivity index (χ0v) is 31.0. The first-order chi connectivity index (χ1) is 21.4. The molecule has 266 valence electrons. The van der Waals surface area contributed by atoms with Gasteiger partial charge in [-0.1, -0.05) is 80.5 Å². The largest absolute Gasteiger partial charge is 0.387 e. The number of nitrogens with zero attached hydrogens (tertiary/aromatic N) is 2. The first-order valence-corrected chi connectivity index (χ1v) is 17.6. The summed E-state index contributed by atoms with van der Waals surface area (Å²) in [5, 5.41) is 10.5. The first kappa shape index (κ1) is 43.6. The number of aliphatic imine (C=N–C) groups is 1. The minimum absolute atomic E-state index is 0.0265. The summed E-state index contributed by atoms with van der Waals surface area (Å²) in [7, 11) is 1.65. The van der Waals surface area contributed by atoms with E-state index in [4.69, 9.17) is 17.0 Å². The Kier molecular flexibility index (Phi) is 21.8. The molecule has 46 heavy (non-hydrogen) atoms. The molecule has 0 aromatic carbocycles. The molecule has 0 aliphatic rings. The van der Waals surface area contributed by atoms with Crippen molar-refractivity contribution in [3.8, 4) is 0 Å². The van der Waals surface area contributed by atoms with Crippen LogP contribution in [-0.4, -0.2) is 73.1 Å². The molecule has 0 aromatic rings. The van der Waals surface area contributed by atoms with Gasteiger partial charge in [-0.3, -0.25) is 19.9 Å². The normalized spacial score (nSPS) is 16.8. The third kappa shape index (κ3) is 17.5. The molecule has 0 aliphatic carbocycles. The molecule has 0 heterocycles. The van der Waals surface area contributed by atoms with E-state index in [0.29, 0.717) is 49.1 Å². The Morgan fingerprint density at radius 2 is 1.61 bits per heavy atom. The van der Waals surface area contributed by atoms with Gasteiger partial charge < -0.3 is 22.1 Å².